The minimum Gasteiger partial charge on any atom is -0.506 e. The molecule has 1 saturated carbocycles. The number of benzene rings is 1. The lowest BCUT2D eigenvalue weighted by Gasteiger charge is -2.10. The maximum absolute atomic E-state index is 11.8. The van der Waals surface area contributed by atoms with Crippen LogP contribution >= 0.6 is 0 Å². The zero-order chi connectivity index (χ0) is 14.5. The summed E-state index contributed by atoms with van der Waals surface area (Å²) in [4.78, 5) is 21.9. The summed E-state index contributed by atoms with van der Waals surface area (Å²) < 4.78 is 0. The maximum Gasteiger partial charge on any atom is 0.271 e. The summed E-state index contributed by atoms with van der Waals surface area (Å²) in [6.45, 7) is 0. The molecule has 2 N–H and O–H groups in total. The highest BCUT2D eigenvalue weighted by molar-refractivity contribution is 5.92. The van der Waals surface area contributed by atoms with Gasteiger partial charge in [-0.25, -0.2) is 0 Å². The number of hydrogen-bond acceptors (Lipinski definition) is 4. The number of rotatable bonds is 5. The molecule has 0 aliphatic heterocycles. The fraction of sp³-hybridized carbons (Fsp3) is 0.500. The standard InChI is InChI=1S/C14H18N2O4/c17-13-7-6-11(16(19)20)9-12(13)15-14(18)8-5-10-3-1-2-4-10/h6-7,9-10,17H,1-5,8H2,(H,15,18). The molecule has 108 valence electrons. The highest BCUT2D eigenvalue weighted by Gasteiger charge is 2.17. The fourth-order valence-electron chi connectivity index (χ4n) is 2.58. The number of anilines is 1. The number of nitrogens with one attached hydrogen (secondary N) is 1. The normalized spacial score (nSPS) is 15.2. The molecule has 1 aliphatic rings. The Morgan fingerprint density at radius 1 is 1.40 bits per heavy atom. The Balaban J connectivity index is 1.92. The van der Waals surface area contributed by atoms with Crippen molar-refractivity contribution in [1.82, 2.24) is 0 Å². The molecular formula is C14H18N2O4. The van der Waals surface area contributed by atoms with Crippen LogP contribution in [0.25, 0.3) is 0 Å². The van der Waals surface area contributed by atoms with E-state index in [1.54, 1.807) is 0 Å². The molecule has 1 aliphatic carbocycles. The van der Waals surface area contributed by atoms with Gasteiger partial charge in [0.25, 0.3) is 5.69 Å². The Morgan fingerprint density at radius 3 is 2.75 bits per heavy atom. The van der Waals surface area contributed by atoms with Gasteiger partial charge in [0.15, 0.2) is 0 Å². The van der Waals surface area contributed by atoms with Gasteiger partial charge < -0.3 is 10.4 Å². The smallest absolute Gasteiger partial charge is 0.271 e. The summed E-state index contributed by atoms with van der Waals surface area (Å²) in [6.07, 6.45) is 6.04. The Labute approximate surface area is 117 Å². The van der Waals surface area contributed by atoms with Crippen molar-refractivity contribution in [1.29, 1.82) is 0 Å². The lowest BCUT2D eigenvalue weighted by molar-refractivity contribution is -0.384. The third-order valence-corrected chi connectivity index (χ3v) is 3.72. The largest absolute Gasteiger partial charge is 0.506 e. The van der Waals surface area contributed by atoms with E-state index in [4.69, 9.17) is 0 Å². The van der Waals surface area contributed by atoms with Gasteiger partial charge in [0.05, 0.1) is 10.6 Å². The van der Waals surface area contributed by atoms with Gasteiger partial charge in [-0.3, -0.25) is 14.9 Å². The van der Waals surface area contributed by atoms with Gasteiger partial charge in [-0.05, 0) is 18.4 Å². The number of nitro benzene ring substituents is 1. The molecule has 0 saturated heterocycles. The van der Waals surface area contributed by atoms with Gasteiger partial charge in [0.2, 0.25) is 5.91 Å². The molecule has 1 aromatic rings. The number of carbonyl (C=O) groups is 1. The molecule has 0 aromatic heterocycles. The first-order valence-corrected chi connectivity index (χ1v) is 6.83. The average molecular weight is 278 g/mol. The SMILES string of the molecule is O=C(CCC1CCCC1)Nc1cc([N+](=O)[O-])ccc1O. The molecule has 1 fully saturated rings. The van der Waals surface area contributed by atoms with E-state index in [1.165, 1.54) is 43.9 Å². The van der Waals surface area contributed by atoms with Gasteiger partial charge in [-0.2, -0.15) is 0 Å². The molecule has 1 amide bonds. The lowest BCUT2D eigenvalue weighted by atomic mass is 10.0. The first-order valence-electron chi connectivity index (χ1n) is 6.83. The molecule has 0 bridgehead atoms. The molecule has 0 radical (unpaired) electrons. The Bertz CT molecular complexity index is 510. The van der Waals surface area contributed by atoms with Crippen molar-refractivity contribution in [3.63, 3.8) is 0 Å². The average Bonchev–Trinajstić information content (AvgIpc) is 2.92. The van der Waals surface area contributed by atoms with Crippen LogP contribution in [-0.4, -0.2) is 15.9 Å². The van der Waals surface area contributed by atoms with E-state index >= 15 is 0 Å². The predicted molar refractivity (Wildman–Crippen MR) is 74.6 cm³/mol. The molecule has 0 heterocycles. The molecule has 20 heavy (non-hydrogen) atoms. The van der Waals surface area contributed by atoms with E-state index in [2.05, 4.69) is 5.32 Å². The Kier molecular flexibility index (Phi) is 4.55. The number of aromatic hydroxyl groups is 1. The van der Waals surface area contributed by atoms with Crippen molar-refractivity contribution < 1.29 is 14.8 Å². The predicted octanol–water partition coefficient (Wildman–Crippen LogP) is 3.21. The van der Waals surface area contributed by atoms with Crippen molar-refractivity contribution in [2.45, 2.75) is 38.5 Å². The fourth-order valence-corrected chi connectivity index (χ4v) is 2.58. The Hall–Kier alpha value is -2.11. The number of amides is 1. The summed E-state index contributed by atoms with van der Waals surface area (Å²) in [7, 11) is 0. The van der Waals surface area contributed by atoms with Gasteiger partial charge in [0.1, 0.15) is 5.75 Å². The number of phenolic OH excluding ortho intramolecular Hbond substituents is 1. The summed E-state index contributed by atoms with van der Waals surface area (Å²) in [5.41, 5.74) is -0.0653. The molecule has 6 nitrogen and oxygen atoms in total. The molecule has 0 atom stereocenters. The minimum absolute atomic E-state index is 0.0932. The number of hydrogen-bond donors (Lipinski definition) is 2. The van der Waals surface area contributed by atoms with Crippen LogP contribution < -0.4 is 5.32 Å². The van der Waals surface area contributed by atoms with Crippen molar-refractivity contribution in [2.75, 3.05) is 5.32 Å². The second-order valence-corrected chi connectivity index (χ2v) is 5.20. The van der Waals surface area contributed by atoms with E-state index < -0.39 is 4.92 Å². The minimum atomic E-state index is -0.562. The second kappa shape index (κ2) is 6.36. The van der Waals surface area contributed by atoms with Gasteiger partial charge in [-0.15, -0.1) is 0 Å². The van der Waals surface area contributed by atoms with Crippen molar-refractivity contribution in [3.8, 4) is 5.75 Å². The highest BCUT2D eigenvalue weighted by atomic mass is 16.6. The zero-order valence-electron chi connectivity index (χ0n) is 11.2. The van der Waals surface area contributed by atoms with E-state index in [0.29, 0.717) is 12.3 Å². The van der Waals surface area contributed by atoms with Crippen LogP contribution in [0.5, 0.6) is 5.75 Å². The van der Waals surface area contributed by atoms with Crippen LogP contribution in [0.3, 0.4) is 0 Å². The highest BCUT2D eigenvalue weighted by Crippen LogP contribution is 2.30. The van der Waals surface area contributed by atoms with Crippen molar-refractivity contribution in [3.05, 3.63) is 28.3 Å². The van der Waals surface area contributed by atoms with Crippen LogP contribution in [-0.2, 0) is 4.79 Å². The van der Waals surface area contributed by atoms with Crippen LogP contribution in [0.1, 0.15) is 38.5 Å². The van der Waals surface area contributed by atoms with Gasteiger partial charge >= 0.3 is 0 Å². The molecule has 6 heteroatoms. The van der Waals surface area contributed by atoms with E-state index in [1.807, 2.05) is 0 Å². The monoisotopic (exact) mass is 278 g/mol. The summed E-state index contributed by atoms with van der Waals surface area (Å²) in [5.74, 6) is 0.233. The zero-order valence-corrected chi connectivity index (χ0v) is 11.2. The van der Waals surface area contributed by atoms with E-state index in [0.717, 1.165) is 6.42 Å². The molecule has 1 aromatic carbocycles. The molecule has 0 unspecified atom stereocenters. The van der Waals surface area contributed by atoms with Crippen LogP contribution in [0, 0.1) is 16.0 Å². The van der Waals surface area contributed by atoms with E-state index in [-0.39, 0.29) is 23.0 Å². The first-order chi connectivity index (χ1) is 9.56. The number of nitro groups is 1. The topological polar surface area (TPSA) is 92.5 Å². The van der Waals surface area contributed by atoms with Crippen LogP contribution in [0.2, 0.25) is 0 Å². The van der Waals surface area contributed by atoms with Crippen LogP contribution in [0.4, 0.5) is 11.4 Å². The van der Waals surface area contributed by atoms with Gasteiger partial charge in [-0.1, -0.05) is 25.7 Å². The first kappa shape index (κ1) is 14.3. The quantitative estimate of drug-likeness (QED) is 0.491. The van der Waals surface area contributed by atoms with Crippen LogP contribution in [0.15, 0.2) is 18.2 Å². The summed E-state index contributed by atoms with van der Waals surface area (Å²) in [6, 6.07) is 3.58. The third kappa shape index (κ3) is 3.69. The molecular weight excluding hydrogens is 260 g/mol. The maximum atomic E-state index is 11.8. The van der Waals surface area contributed by atoms with Gasteiger partial charge in [0, 0.05) is 18.6 Å². The van der Waals surface area contributed by atoms with Crippen molar-refractivity contribution >= 4 is 17.3 Å². The number of carbonyl (C=O) groups excluding carboxylic acids is 1. The Morgan fingerprint density at radius 2 is 2.10 bits per heavy atom. The molecule has 0 spiro atoms. The lowest BCUT2D eigenvalue weighted by Crippen LogP contribution is -2.13. The number of non-ortho nitro benzene ring substituents is 1. The van der Waals surface area contributed by atoms with Crippen molar-refractivity contribution in [2.24, 2.45) is 5.92 Å². The molecule has 2 rings (SSSR count). The van der Waals surface area contributed by atoms with E-state index in [9.17, 15) is 20.0 Å². The number of phenols is 1. The third-order valence-electron chi connectivity index (χ3n) is 3.72. The summed E-state index contributed by atoms with van der Waals surface area (Å²) in [5, 5.41) is 22.8. The summed E-state index contributed by atoms with van der Waals surface area (Å²) >= 11 is 0. The number of nitrogens with zero attached hydrogens (tertiary/aromatic N) is 1. The second-order valence-electron chi connectivity index (χ2n) is 5.20.